The molecule has 188 valence electrons. The number of benzene rings is 2. The summed E-state index contributed by atoms with van der Waals surface area (Å²) in [5.41, 5.74) is 4.79. The van der Waals surface area contributed by atoms with Crippen molar-refractivity contribution in [1.29, 1.82) is 5.41 Å². The number of pyridine rings is 1. The van der Waals surface area contributed by atoms with Crippen molar-refractivity contribution in [1.82, 2.24) is 15.2 Å². The molecule has 1 atom stereocenters. The molecule has 0 fully saturated rings. The van der Waals surface area contributed by atoms with E-state index >= 15 is 0 Å². The third-order valence-electron chi connectivity index (χ3n) is 5.41. The van der Waals surface area contributed by atoms with Gasteiger partial charge in [-0.2, -0.15) is 0 Å². The monoisotopic (exact) mass is 497 g/mol. The third kappa shape index (κ3) is 6.53. The zero-order valence-corrected chi connectivity index (χ0v) is 19.1. The number of carbonyl (C=O) groups excluding carboxylic acids is 1. The van der Waals surface area contributed by atoms with Gasteiger partial charge in [-0.3, -0.25) is 15.0 Å². The summed E-state index contributed by atoms with van der Waals surface area (Å²) in [5, 5.41) is 21.5. The Hall–Kier alpha value is -4.54. The number of aromatic nitrogens is 1. The normalized spacial score (nSPS) is 11.6. The first-order valence-corrected chi connectivity index (χ1v) is 11.0. The molecule has 1 heterocycles. The van der Waals surface area contributed by atoms with Crippen LogP contribution in [0.15, 0.2) is 71.7 Å². The van der Waals surface area contributed by atoms with Gasteiger partial charge in [0.25, 0.3) is 11.5 Å². The number of carbonyl (C=O) groups is 2. The van der Waals surface area contributed by atoms with Crippen LogP contribution in [0.3, 0.4) is 0 Å². The molecule has 0 radical (unpaired) electrons. The lowest BCUT2D eigenvalue weighted by molar-refractivity contribution is -0.139. The zero-order chi connectivity index (χ0) is 26.2. The van der Waals surface area contributed by atoms with Crippen LogP contribution in [0.1, 0.15) is 40.4 Å². The lowest BCUT2D eigenvalue weighted by Gasteiger charge is -2.22. The molecular weight excluding hydrogens is 472 g/mol. The summed E-state index contributed by atoms with van der Waals surface area (Å²) in [4.78, 5) is 37.9. The van der Waals surface area contributed by atoms with Crippen LogP contribution >= 0.6 is 0 Å². The molecule has 2 aromatic carbocycles. The number of halogens is 2. The Kier molecular flexibility index (Phi) is 8.50. The first-order valence-electron chi connectivity index (χ1n) is 11.0. The van der Waals surface area contributed by atoms with Gasteiger partial charge in [-0.25, -0.2) is 13.6 Å². The fraction of sp³-hybridized carbons (Fsp3) is 0.200. The summed E-state index contributed by atoms with van der Waals surface area (Å²) in [6, 6.07) is 11.4. The summed E-state index contributed by atoms with van der Waals surface area (Å²) in [6.07, 6.45) is 1.70. The lowest BCUT2D eigenvalue weighted by atomic mass is 9.97. The maximum absolute atomic E-state index is 14.0. The standard InChI is InChI=1S/C25H25F2N5O4/c26-17-7-1-5-15(13-17)21(16-6-2-8-18(27)14-16)32-12-4-9-19(23(32)34)22(33)31-20(24(35)36)10-3-11-30-25(28)29/h1-2,4-9,12-14,20-21H,3,10-11H2,(H,31,33)(H,35,36)(H4,28,29,30)/t20-/m0/s1. The molecule has 11 heteroatoms. The molecule has 1 amide bonds. The number of nitrogens with zero attached hydrogens (tertiary/aromatic N) is 1. The van der Waals surface area contributed by atoms with Crippen LogP contribution in [0.5, 0.6) is 0 Å². The van der Waals surface area contributed by atoms with Crippen molar-refractivity contribution in [2.24, 2.45) is 5.73 Å². The highest BCUT2D eigenvalue weighted by Gasteiger charge is 2.25. The number of hydrogen-bond donors (Lipinski definition) is 5. The maximum atomic E-state index is 14.0. The number of carboxylic acid groups (broad SMARTS) is 1. The fourth-order valence-electron chi connectivity index (χ4n) is 3.78. The molecule has 0 aliphatic rings. The van der Waals surface area contributed by atoms with E-state index < -0.39 is 41.2 Å². The van der Waals surface area contributed by atoms with Crippen LogP contribution in [0.25, 0.3) is 0 Å². The van der Waals surface area contributed by atoms with Gasteiger partial charge in [-0.1, -0.05) is 24.3 Å². The fourth-order valence-corrected chi connectivity index (χ4v) is 3.78. The minimum atomic E-state index is -1.29. The van der Waals surface area contributed by atoms with Crippen molar-refractivity contribution >= 4 is 17.8 Å². The van der Waals surface area contributed by atoms with E-state index in [-0.39, 0.29) is 30.9 Å². The average molecular weight is 498 g/mol. The van der Waals surface area contributed by atoms with Crippen LogP contribution in [0.2, 0.25) is 0 Å². The second kappa shape index (κ2) is 11.7. The third-order valence-corrected chi connectivity index (χ3v) is 5.41. The quantitative estimate of drug-likeness (QED) is 0.165. The topological polar surface area (TPSA) is 150 Å². The van der Waals surface area contributed by atoms with Crippen molar-refractivity contribution in [2.45, 2.75) is 24.9 Å². The van der Waals surface area contributed by atoms with Gasteiger partial charge in [0.1, 0.15) is 23.2 Å². The average Bonchev–Trinajstić information content (AvgIpc) is 2.82. The van der Waals surface area contributed by atoms with E-state index in [1.807, 2.05) is 0 Å². The van der Waals surface area contributed by atoms with E-state index in [0.29, 0.717) is 11.1 Å². The van der Waals surface area contributed by atoms with Gasteiger partial charge in [0, 0.05) is 12.7 Å². The zero-order valence-electron chi connectivity index (χ0n) is 19.1. The van der Waals surface area contributed by atoms with Gasteiger partial charge in [0.2, 0.25) is 0 Å². The number of amides is 1. The van der Waals surface area contributed by atoms with Gasteiger partial charge in [0.15, 0.2) is 5.96 Å². The molecule has 0 aliphatic heterocycles. The van der Waals surface area contributed by atoms with E-state index in [0.717, 1.165) is 0 Å². The maximum Gasteiger partial charge on any atom is 0.326 e. The molecule has 3 rings (SSSR count). The first kappa shape index (κ1) is 26.1. The minimum absolute atomic E-state index is 0.0254. The summed E-state index contributed by atoms with van der Waals surface area (Å²) < 4.78 is 29.2. The minimum Gasteiger partial charge on any atom is -0.480 e. The number of guanidine groups is 1. The van der Waals surface area contributed by atoms with Crippen molar-refractivity contribution in [3.05, 3.63) is 106 Å². The predicted octanol–water partition coefficient (Wildman–Crippen LogP) is 2.21. The molecule has 0 bridgehead atoms. The molecule has 36 heavy (non-hydrogen) atoms. The molecule has 0 unspecified atom stereocenters. The van der Waals surface area contributed by atoms with Crippen molar-refractivity contribution in [2.75, 3.05) is 6.54 Å². The van der Waals surface area contributed by atoms with Crippen LogP contribution in [0, 0.1) is 17.0 Å². The Morgan fingerprint density at radius 1 is 1.03 bits per heavy atom. The van der Waals surface area contributed by atoms with E-state index in [4.69, 9.17) is 11.1 Å². The van der Waals surface area contributed by atoms with Crippen LogP contribution < -0.4 is 21.9 Å². The molecule has 0 saturated heterocycles. The van der Waals surface area contributed by atoms with Gasteiger partial charge < -0.3 is 26.0 Å². The Balaban J connectivity index is 1.95. The molecule has 3 aromatic rings. The number of aliphatic carboxylic acids is 1. The number of nitrogens with two attached hydrogens (primary N) is 1. The lowest BCUT2D eigenvalue weighted by Crippen LogP contribution is -2.44. The predicted molar refractivity (Wildman–Crippen MR) is 129 cm³/mol. The number of carboxylic acids is 1. The summed E-state index contributed by atoms with van der Waals surface area (Å²) >= 11 is 0. The van der Waals surface area contributed by atoms with Crippen molar-refractivity contribution < 1.29 is 23.5 Å². The molecule has 0 spiro atoms. The van der Waals surface area contributed by atoms with Crippen LogP contribution in [-0.2, 0) is 4.79 Å². The SMILES string of the molecule is N=C(N)NCCC[C@H](NC(=O)c1cccn(C(c2cccc(F)c2)c2cccc(F)c2)c1=O)C(=O)O. The summed E-state index contributed by atoms with van der Waals surface area (Å²) in [7, 11) is 0. The summed E-state index contributed by atoms with van der Waals surface area (Å²) in [6.45, 7) is 0.232. The summed E-state index contributed by atoms with van der Waals surface area (Å²) in [5.74, 6) is -3.57. The molecule has 6 N–H and O–H groups in total. The smallest absolute Gasteiger partial charge is 0.326 e. The molecule has 1 aromatic heterocycles. The Morgan fingerprint density at radius 2 is 1.64 bits per heavy atom. The van der Waals surface area contributed by atoms with E-state index in [2.05, 4.69) is 10.6 Å². The van der Waals surface area contributed by atoms with Gasteiger partial charge in [0.05, 0.1) is 6.04 Å². The van der Waals surface area contributed by atoms with Gasteiger partial charge in [-0.15, -0.1) is 0 Å². The number of hydrogen-bond acceptors (Lipinski definition) is 4. The first-order chi connectivity index (χ1) is 17.2. The van der Waals surface area contributed by atoms with Gasteiger partial charge in [-0.05, 0) is 60.4 Å². The highest BCUT2D eigenvalue weighted by molar-refractivity contribution is 5.96. The largest absolute Gasteiger partial charge is 0.480 e. The Labute approximate surface area is 205 Å². The van der Waals surface area contributed by atoms with E-state index in [1.54, 1.807) is 12.1 Å². The number of nitrogens with one attached hydrogen (secondary N) is 3. The van der Waals surface area contributed by atoms with E-state index in [9.17, 15) is 28.3 Å². The van der Waals surface area contributed by atoms with Crippen molar-refractivity contribution in [3.63, 3.8) is 0 Å². The Bertz CT molecular complexity index is 1280. The number of rotatable bonds is 10. The van der Waals surface area contributed by atoms with Crippen molar-refractivity contribution in [3.8, 4) is 0 Å². The molecule has 0 saturated carbocycles. The van der Waals surface area contributed by atoms with Crippen LogP contribution in [0.4, 0.5) is 8.78 Å². The molecular formula is C25H25F2N5O4. The second-order valence-corrected chi connectivity index (χ2v) is 7.99. The van der Waals surface area contributed by atoms with E-state index in [1.165, 1.54) is 59.3 Å². The second-order valence-electron chi connectivity index (χ2n) is 7.99. The Morgan fingerprint density at radius 3 is 2.17 bits per heavy atom. The molecule has 9 nitrogen and oxygen atoms in total. The van der Waals surface area contributed by atoms with Crippen LogP contribution in [-0.4, -0.2) is 40.1 Å². The van der Waals surface area contributed by atoms with Gasteiger partial charge >= 0.3 is 5.97 Å². The molecule has 0 aliphatic carbocycles. The highest BCUT2D eigenvalue weighted by Crippen LogP contribution is 2.26. The highest BCUT2D eigenvalue weighted by atomic mass is 19.1.